The van der Waals surface area contributed by atoms with Crippen LogP contribution in [0, 0.1) is 6.92 Å². The maximum absolute atomic E-state index is 13.4. The highest BCUT2D eigenvalue weighted by Crippen LogP contribution is 2.39. The summed E-state index contributed by atoms with van der Waals surface area (Å²) in [5, 5.41) is 6.14. The summed E-state index contributed by atoms with van der Waals surface area (Å²) in [5.74, 6) is 0.404. The van der Waals surface area contributed by atoms with Gasteiger partial charge in [-0.1, -0.05) is 42.5 Å². The number of oxazole rings is 1. The number of para-hydroxylation sites is 1. The number of carbonyl (C=O) groups excluding carboxylic acids is 2. The topological polar surface area (TPSA) is 94.0 Å². The van der Waals surface area contributed by atoms with Crippen molar-refractivity contribution in [3.8, 4) is 0 Å². The molecule has 9 nitrogen and oxygen atoms in total. The first-order valence-corrected chi connectivity index (χ1v) is 16.5. The number of nitrogens with zero attached hydrogens (tertiary/aromatic N) is 4. The second-order valence-electron chi connectivity index (χ2n) is 12.8. The fourth-order valence-corrected chi connectivity index (χ4v) is 6.58. The Morgan fingerprint density at radius 2 is 1.57 bits per heavy atom. The molecule has 238 valence electrons. The molecule has 0 bridgehead atoms. The van der Waals surface area contributed by atoms with Gasteiger partial charge in [0.1, 0.15) is 6.26 Å². The van der Waals surface area contributed by atoms with Crippen molar-refractivity contribution in [3.63, 3.8) is 0 Å². The van der Waals surface area contributed by atoms with E-state index in [1.807, 2.05) is 18.2 Å². The first-order chi connectivity index (χ1) is 22.5. The van der Waals surface area contributed by atoms with Crippen LogP contribution in [0.15, 0.2) is 77.4 Å². The van der Waals surface area contributed by atoms with Crippen LogP contribution in [-0.4, -0.2) is 61.0 Å². The maximum atomic E-state index is 13.4. The number of amides is 2. The zero-order chi connectivity index (χ0) is 31.5. The summed E-state index contributed by atoms with van der Waals surface area (Å²) in [7, 11) is 0. The summed E-state index contributed by atoms with van der Waals surface area (Å²) >= 11 is 0. The first kappa shape index (κ1) is 30.0. The van der Waals surface area contributed by atoms with Crippen molar-refractivity contribution in [2.75, 3.05) is 54.4 Å². The predicted molar refractivity (Wildman–Crippen MR) is 181 cm³/mol. The van der Waals surface area contributed by atoms with E-state index >= 15 is 0 Å². The lowest BCUT2D eigenvalue weighted by Crippen LogP contribution is -2.47. The minimum atomic E-state index is -0.345. The van der Waals surface area contributed by atoms with Crippen LogP contribution in [0.5, 0.6) is 0 Å². The molecule has 1 aliphatic carbocycles. The number of aryl methyl sites for hydroxylation is 1. The van der Waals surface area contributed by atoms with Crippen molar-refractivity contribution in [1.29, 1.82) is 0 Å². The lowest BCUT2D eigenvalue weighted by atomic mass is 10.1. The van der Waals surface area contributed by atoms with Crippen LogP contribution in [0.2, 0.25) is 0 Å². The number of hydrogen-bond donors (Lipinski definition) is 2. The number of carbonyl (C=O) groups is 2. The van der Waals surface area contributed by atoms with E-state index in [2.05, 4.69) is 79.7 Å². The normalized spacial score (nSPS) is 16.9. The number of benzene rings is 3. The van der Waals surface area contributed by atoms with Crippen LogP contribution in [0.25, 0.3) is 0 Å². The van der Waals surface area contributed by atoms with E-state index in [4.69, 9.17) is 4.42 Å². The zero-order valence-corrected chi connectivity index (χ0v) is 26.5. The van der Waals surface area contributed by atoms with Crippen LogP contribution < -0.4 is 20.4 Å². The zero-order valence-electron chi connectivity index (χ0n) is 26.5. The molecular formula is C37H42N6O3. The number of piperazine rings is 1. The maximum Gasteiger partial charge on any atom is 0.277 e. The average Bonchev–Trinajstić information content (AvgIpc) is 3.57. The SMILES string of the molecule is Cc1ccccc1N1CCN(c2ccc(C(=O)NCc3cccc(CN4CCCC4)c3)cc2NC(=O)c2coc(C3CC3)n2)CC1. The summed E-state index contributed by atoms with van der Waals surface area (Å²) < 4.78 is 5.58. The van der Waals surface area contributed by atoms with Crippen molar-refractivity contribution in [1.82, 2.24) is 15.2 Å². The molecule has 7 rings (SSSR count). The molecule has 1 saturated carbocycles. The molecule has 9 heteroatoms. The molecule has 4 aromatic rings. The Balaban J connectivity index is 1.07. The second-order valence-corrected chi connectivity index (χ2v) is 12.8. The Morgan fingerprint density at radius 1 is 0.826 bits per heavy atom. The summed E-state index contributed by atoms with van der Waals surface area (Å²) in [6.45, 7) is 9.09. The smallest absolute Gasteiger partial charge is 0.277 e. The minimum absolute atomic E-state index is 0.186. The summed E-state index contributed by atoms with van der Waals surface area (Å²) in [6.07, 6.45) is 6.04. The van der Waals surface area contributed by atoms with Gasteiger partial charge in [0.05, 0.1) is 11.4 Å². The van der Waals surface area contributed by atoms with E-state index in [1.54, 1.807) is 6.07 Å². The second kappa shape index (κ2) is 13.4. The molecule has 0 atom stereocenters. The Kier molecular flexibility index (Phi) is 8.74. The molecule has 2 amide bonds. The number of hydrogen-bond acceptors (Lipinski definition) is 7. The van der Waals surface area contributed by atoms with E-state index in [1.165, 1.54) is 35.9 Å². The molecule has 3 fully saturated rings. The Morgan fingerprint density at radius 3 is 2.33 bits per heavy atom. The summed E-state index contributed by atoms with van der Waals surface area (Å²) in [6, 6.07) is 22.5. The fourth-order valence-electron chi connectivity index (χ4n) is 6.58. The molecule has 0 unspecified atom stereocenters. The standard InChI is InChI=1S/C37H42N6O3/c1-26-7-2-3-10-33(26)42-17-19-43(20-18-42)34-14-13-30(22-31(34)39-36(45)32-25-46-37(40-32)29-11-12-29)35(44)38-23-27-8-6-9-28(21-27)24-41-15-4-5-16-41/h2-3,6-10,13-14,21-22,25,29H,4-5,11-12,15-20,23-24H2,1H3,(H,38,44)(H,39,45). The molecule has 3 heterocycles. The highest BCUT2D eigenvalue weighted by Gasteiger charge is 2.30. The summed E-state index contributed by atoms with van der Waals surface area (Å²) in [4.78, 5) is 38.4. The van der Waals surface area contributed by atoms with Gasteiger partial charge in [-0.3, -0.25) is 14.5 Å². The quantitative estimate of drug-likeness (QED) is 0.226. The minimum Gasteiger partial charge on any atom is -0.448 e. The lowest BCUT2D eigenvalue weighted by Gasteiger charge is -2.38. The van der Waals surface area contributed by atoms with Crippen LogP contribution in [0.1, 0.15) is 75.0 Å². The molecular weight excluding hydrogens is 576 g/mol. The van der Waals surface area contributed by atoms with Gasteiger partial charge in [0.2, 0.25) is 0 Å². The Hall–Kier alpha value is -4.63. The number of anilines is 3. The van der Waals surface area contributed by atoms with Gasteiger partial charge in [-0.15, -0.1) is 0 Å². The molecule has 2 saturated heterocycles. The monoisotopic (exact) mass is 618 g/mol. The average molecular weight is 619 g/mol. The van der Waals surface area contributed by atoms with Crippen LogP contribution >= 0.6 is 0 Å². The number of aromatic nitrogens is 1. The van der Waals surface area contributed by atoms with E-state index in [0.717, 1.165) is 69.9 Å². The van der Waals surface area contributed by atoms with Gasteiger partial charge < -0.3 is 24.9 Å². The third-order valence-electron chi connectivity index (χ3n) is 9.31. The third-order valence-corrected chi connectivity index (χ3v) is 9.31. The Bertz CT molecular complexity index is 1700. The van der Waals surface area contributed by atoms with Crippen molar-refractivity contribution < 1.29 is 14.0 Å². The molecule has 0 spiro atoms. The largest absolute Gasteiger partial charge is 0.448 e. The molecule has 2 N–H and O–H groups in total. The van der Waals surface area contributed by atoms with Crippen molar-refractivity contribution >= 4 is 28.9 Å². The van der Waals surface area contributed by atoms with E-state index in [9.17, 15) is 9.59 Å². The molecule has 3 aliphatic rings. The molecule has 3 aromatic carbocycles. The molecule has 0 radical (unpaired) electrons. The van der Waals surface area contributed by atoms with Crippen LogP contribution in [-0.2, 0) is 13.1 Å². The molecule has 46 heavy (non-hydrogen) atoms. The van der Waals surface area contributed by atoms with Crippen molar-refractivity contribution in [3.05, 3.63) is 107 Å². The fraction of sp³-hybridized carbons (Fsp3) is 0.378. The molecule has 2 aliphatic heterocycles. The Labute approximate surface area is 270 Å². The van der Waals surface area contributed by atoms with Gasteiger partial charge >= 0.3 is 0 Å². The van der Waals surface area contributed by atoms with Crippen molar-refractivity contribution in [2.24, 2.45) is 0 Å². The highest BCUT2D eigenvalue weighted by atomic mass is 16.3. The van der Waals surface area contributed by atoms with Gasteiger partial charge in [0.25, 0.3) is 11.8 Å². The van der Waals surface area contributed by atoms with Crippen molar-refractivity contribution in [2.45, 2.75) is 51.6 Å². The van der Waals surface area contributed by atoms with E-state index < -0.39 is 0 Å². The first-order valence-electron chi connectivity index (χ1n) is 16.5. The number of likely N-dealkylation sites (tertiary alicyclic amines) is 1. The predicted octanol–water partition coefficient (Wildman–Crippen LogP) is 5.97. The van der Waals surface area contributed by atoms with Gasteiger partial charge in [-0.2, -0.15) is 0 Å². The number of nitrogens with one attached hydrogen (secondary N) is 2. The van der Waals surface area contributed by atoms with Crippen LogP contribution in [0.4, 0.5) is 17.1 Å². The third kappa shape index (κ3) is 6.94. The van der Waals surface area contributed by atoms with Gasteiger partial charge in [0.15, 0.2) is 11.6 Å². The molecule has 1 aromatic heterocycles. The van der Waals surface area contributed by atoms with Gasteiger partial charge in [-0.05, 0) is 86.7 Å². The van der Waals surface area contributed by atoms with Gasteiger partial charge in [-0.25, -0.2) is 4.98 Å². The summed E-state index contributed by atoms with van der Waals surface area (Å²) in [5.41, 5.74) is 7.06. The van der Waals surface area contributed by atoms with E-state index in [0.29, 0.717) is 29.6 Å². The van der Waals surface area contributed by atoms with Crippen LogP contribution in [0.3, 0.4) is 0 Å². The van der Waals surface area contributed by atoms with E-state index in [-0.39, 0.29) is 17.5 Å². The highest BCUT2D eigenvalue weighted by molar-refractivity contribution is 6.06. The van der Waals surface area contributed by atoms with Gasteiger partial charge in [0, 0.05) is 56.4 Å². The lowest BCUT2D eigenvalue weighted by molar-refractivity contribution is 0.0949. The number of rotatable bonds is 10.